The van der Waals surface area contributed by atoms with Crippen LogP contribution in [0.1, 0.15) is 33.6 Å². The van der Waals surface area contributed by atoms with Gasteiger partial charge >= 0.3 is 0 Å². The highest BCUT2D eigenvalue weighted by atomic mass is 32.2. The largest absolute Gasteiger partial charge is 0.179 e. The molecule has 0 spiro atoms. The standard InChI is InChI=1S/C12H22S2/c1-4-11(5-2)10-14-8-7-12(6-3)9-13/h4,7-8,12-13H,5-6,9-10H2,1-3H3. The molecule has 0 aromatic carbocycles. The molecule has 0 N–H and O–H groups in total. The van der Waals surface area contributed by atoms with Gasteiger partial charge < -0.3 is 0 Å². The molecule has 14 heavy (non-hydrogen) atoms. The molecule has 0 nitrogen and oxygen atoms in total. The summed E-state index contributed by atoms with van der Waals surface area (Å²) in [4.78, 5) is 0. The van der Waals surface area contributed by atoms with E-state index in [9.17, 15) is 0 Å². The maximum atomic E-state index is 4.30. The Morgan fingerprint density at radius 1 is 1.43 bits per heavy atom. The van der Waals surface area contributed by atoms with Gasteiger partial charge in [-0.3, -0.25) is 0 Å². The summed E-state index contributed by atoms with van der Waals surface area (Å²) in [5.41, 5.74) is 1.53. The van der Waals surface area contributed by atoms with Gasteiger partial charge in [0.2, 0.25) is 0 Å². The molecule has 0 aromatic rings. The van der Waals surface area contributed by atoms with Gasteiger partial charge in [-0.25, -0.2) is 0 Å². The van der Waals surface area contributed by atoms with Crippen molar-refractivity contribution >= 4 is 24.4 Å². The fourth-order valence-corrected chi connectivity index (χ4v) is 2.43. The van der Waals surface area contributed by atoms with E-state index in [1.807, 2.05) is 11.8 Å². The fourth-order valence-electron chi connectivity index (χ4n) is 1.04. The Hall–Kier alpha value is 0.180. The first-order valence-corrected chi connectivity index (χ1v) is 6.99. The zero-order chi connectivity index (χ0) is 10.8. The third kappa shape index (κ3) is 6.61. The highest BCUT2D eigenvalue weighted by Gasteiger charge is 1.97. The Balaban J connectivity index is 3.71. The van der Waals surface area contributed by atoms with Crippen LogP contribution < -0.4 is 0 Å². The van der Waals surface area contributed by atoms with E-state index in [0.29, 0.717) is 5.92 Å². The second-order valence-corrected chi connectivity index (χ2v) is 4.55. The highest BCUT2D eigenvalue weighted by Crippen LogP contribution is 2.15. The smallest absolute Gasteiger partial charge is 0.0184 e. The van der Waals surface area contributed by atoms with E-state index in [1.165, 1.54) is 18.4 Å². The molecule has 0 heterocycles. The van der Waals surface area contributed by atoms with Gasteiger partial charge in [0.15, 0.2) is 0 Å². The maximum absolute atomic E-state index is 4.30. The molecule has 0 saturated heterocycles. The zero-order valence-corrected chi connectivity index (χ0v) is 11.2. The second-order valence-electron chi connectivity index (χ2n) is 3.29. The first-order valence-electron chi connectivity index (χ1n) is 5.31. The van der Waals surface area contributed by atoms with Crippen LogP contribution in [-0.4, -0.2) is 11.5 Å². The Morgan fingerprint density at radius 3 is 2.57 bits per heavy atom. The normalized spacial score (nSPS) is 15.0. The molecule has 0 saturated carbocycles. The number of thiol groups is 1. The van der Waals surface area contributed by atoms with Crippen LogP contribution in [0.25, 0.3) is 0 Å². The first-order chi connectivity index (χ1) is 6.78. The third-order valence-electron chi connectivity index (χ3n) is 2.34. The molecular weight excluding hydrogens is 208 g/mol. The van der Waals surface area contributed by atoms with E-state index in [2.05, 4.69) is 51.0 Å². The lowest BCUT2D eigenvalue weighted by atomic mass is 10.1. The minimum absolute atomic E-state index is 0.640. The first kappa shape index (κ1) is 14.2. The number of hydrogen-bond acceptors (Lipinski definition) is 2. The summed E-state index contributed by atoms with van der Waals surface area (Å²) >= 11 is 6.19. The summed E-state index contributed by atoms with van der Waals surface area (Å²) < 4.78 is 0. The minimum atomic E-state index is 0.640. The fraction of sp³-hybridized carbons (Fsp3) is 0.667. The molecule has 1 atom stereocenters. The van der Waals surface area contributed by atoms with Crippen molar-refractivity contribution in [3.63, 3.8) is 0 Å². The van der Waals surface area contributed by atoms with Crippen LogP contribution in [0.2, 0.25) is 0 Å². The monoisotopic (exact) mass is 230 g/mol. The third-order valence-corrected chi connectivity index (χ3v) is 3.69. The predicted octanol–water partition coefficient (Wildman–Crippen LogP) is 4.55. The summed E-state index contributed by atoms with van der Waals surface area (Å²) in [6, 6.07) is 0. The lowest BCUT2D eigenvalue weighted by Crippen LogP contribution is -1.94. The predicted molar refractivity (Wildman–Crippen MR) is 73.3 cm³/mol. The molecular formula is C12H22S2. The number of hydrogen-bond donors (Lipinski definition) is 1. The van der Waals surface area contributed by atoms with E-state index in [4.69, 9.17) is 0 Å². The molecule has 0 aliphatic heterocycles. The SMILES string of the molecule is CC=C(CC)CSC=CC(CC)CS. The molecule has 0 bridgehead atoms. The lowest BCUT2D eigenvalue weighted by molar-refractivity contribution is 0.713. The summed E-state index contributed by atoms with van der Waals surface area (Å²) in [5, 5.41) is 2.23. The van der Waals surface area contributed by atoms with Crippen LogP contribution in [0.3, 0.4) is 0 Å². The van der Waals surface area contributed by atoms with Crippen molar-refractivity contribution in [3.05, 3.63) is 23.1 Å². The van der Waals surface area contributed by atoms with E-state index < -0.39 is 0 Å². The Morgan fingerprint density at radius 2 is 2.14 bits per heavy atom. The lowest BCUT2D eigenvalue weighted by Gasteiger charge is -2.04. The van der Waals surface area contributed by atoms with Gasteiger partial charge in [-0.15, -0.1) is 11.8 Å². The zero-order valence-electron chi connectivity index (χ0n) is 9.49. The number of thioether (sulfide) groups is 1. The topological polar surface area (TPSA) is 0 Å². The van der Waals surface area contributed by atoms with Crippen molar-refractivity contribution in [2.75, 3.05) is 11.5 Å². The molecule has 82 valence electrons. The van der Waals surface area contributed by atoms with Gasteiger partial charge in [-0.1, -0.05) is 31.6 Å². The molecule has 0 aliphatic carbocycles. The van der Waals surface area contributed by atoms with E-state index >= 15 is 0 Å². The highest BCUT2D eigenvalue weighted by molar-refractivity contribution is 8.02. The molecule has 0 rings (SSSR count). The molecule has 1 unspecified atom stereocenters. The Kier molecular flexibility index (Phi) is 9.85. The summed E-state index contributed by atoms with van der Waals surface area (Å²) in [6.45, 7) is 6.53. The van der Waals surface area contributed by atoms with Crippen molar-refractivity contribution in [2.45, 2.75) is 33.6 Å². The van der Waals surface area contributed by atoms with Crippen molar-refractivity contribution in [1.29, 1.82) is 0 Å². The molecule has 0 aliphatic rings. The molecule has 0 aromatic heterocycles. The average molecular weight is 230 g/mol. The van der Waals surface area contributed by atoms with Crippen molar-refractivity contribution < 1.29 is 0 Å². The van der Waals surface area contributed by atoms with Gasteiger partial charge in [0.05, 0.1) is 0 Å². The Bertz CT molecular complexity index is 179. The average Bonchev–Trinajstić information content (AvgIpc) is 2.24. The van der Waals surface area contributed by atoms with Crippen LogP contribution >= 0.6 is 24.4 Å². The molecule has 0 radical (unpaired) electrons. The van der Waals surface area contributed by atoms with E-state index in [1.54, 1.807) is 0 Å². The van der Waals surface area contributed by atoms with Crippen LogP contribution in [0.4, 0.5) is 0 Å². The Labute approximate surface area is 98.7 Å². The van der Waals surface area contributed by atoms with Gasteiger partial charge in [0, 0.05) is 5.75 Å². The van der Waals surface area contributed by atoms with E-state index in [-0.39, 0.29) is 0 Å². The second kappa shape index (κ2) is 9.72. The molecule has 0 fully saturated rings. The van der Waals surface area contributed by atoms with Crippen molar-refractivity contribution in [1.82, 2.24) is 0 Å². The quantitative estimate of drug-likeness (QED) is 0.495. The summed E-state index contributed by atoms with van der Waals surface area (Å²) in [6.07, 6.45) is 6.85. The van der Waals surface area contributed by atoms with Crippen molar-refractivity contribution in [2.24, 2.45) is 5.92 Å². The summed E-state index contributed by atoms with van der Waals surface area (Å²) in [5.74, 6) is 2.73. The van der Waals surface area contributed by atoms with Gasteiger partial charge in [0.25, 0.3) is 0 Å². The maximum Gasteiger partial charge on any atom is 0.0184 e. The van der Waals surface area contributed by atoms with Gasteiger partial charge in [-0.05, 0) is 36.8 Å². The van der Waals surface area contributed by atoms with Crippen molar-refractivity contribution in [3.8, 4) is 0 Å². The molecule has 0 amide bonds. The molecule has 2 heteroatoms. The number of rotatable bonds is 7. The van der Waals surface area contributed by atoms with Crippen LogP contribution in [0, 0.1) is 5.92 Å². The van der Waals surface area contributed by atoms with Crippen LogP contribution in [0.5, 0.6) is 0 Å². The summed E-state index contributed by atoms with van der Waals surface area (Å²) in [7, 11) is 0. The number of allylic oxidation sites excluding steroid dienone is 2. The van der Waals surface area contributed by atoms with Gasteiger partial charge in [0.1, 0.15) is 0 Å². The van der Waals surface area contributed by atoms with E-state index in [0.717, 1.165) is 11.5 Å². The van der Waals surface area contributed by atoms with Crippen LogP contribution in [-0.2, 0) is 0 Å². The minimum Gasteiger partial charge on any atom is -0.179 e. The van der Waals surface area contributed by atoms with Gasteiger partial charge in [-0.2, -0.15) is 12.6 Å². The van der Waals surface area contributed by atoms with Crippen LogP contribution in [0.15, 0.2) is 23.1 Å².